The number of ether oxygens (including phenoxy) is 1. The zero-order valence-electron chi connectivity index (χ0n) is 9.20. The first-order chi connectivity index (χ1) is 8.37. The Bertz CT molecular complexity index is 469. The predicted molar refractivity (Wildman–Crippen MR) is 54.7 cm³/mol. The van der Waals surface area contributed by atoms with Crippen molar-refractivity contribution in [1.82, 2.24) is 4.98 Å². The van der Waals surface area contributed by atoms with Crippen molar-refractivity contribution in [1.29, 1.82) is 0 Å². The molecule has 98 valence electrons. The zero-order valence-corrected chi connectivity index (χ0v) is 9.20. The van der Waals surface area contributed by atoms with Crippen molar-refractivity contribution in [3.63, 3.8) is 0 Å². The smallest absolute Gasteiger partial charge is 0.422 e. The Morgan fingerprint density at radius 2 is 2.11 bits per heavy atom. The Hall–Kier alpha value is -1.79. The largest absolute Gasteiger partial charge is 0.477 e. The Labute approximate surface area is 100 Å². The van der Waals surface area contributed by atoms with Gasteiger partial charge in [-0.05, 0) is 24.8 Å². The van der Waals surface area contributed by atoms with Crippen molar-refractivity contribution in [2.24, 2.45) is 0 Å². The standard InChI is InChI=1S/C11H10F3NO3/c12-11(13,14)5-18-9-7(6-1-2-6)3-4-8(15-9)10(16)17/h3-4,6H,1-2,5H2,(H,16,17). The molecule has 0 aromatic carbocycles. The summed E-state index contributed by atoms with van der Waals surface area (Å²) in [7, 11) is 0. The van der Waals surface area contributed by atoms with Crippen molar-refractivity contribution < 1.29 is 27.8 Å². The third-order valence-electron chi connectivity index (χ3n) is 2.50. The summed E-state index contributed by atoms with van der Waals surface area (Å²) in [5.74, 6) is -1.40. The van der Waals surface area contributed by atoms with Crippen LogP contribution in [0.3, 0.4) is 0 Å². The topological polar surface area (TPSA) is 59.4 Å². The molecule has 0 saturated heterocycles. The molecule has 0 atom stereocenters. The number of aromatic carboxylic acids is 1. The predicted octanol–water partition coefficient (Wildman–Crippen LogP) is 2.60. The molecule has 0 bridgehead atoms. The second-order valence-corrected chi connectivity index (χ2v) is 4.07. The summed E-state index contributed by atoms with van der Waals surface area (Å²) in [5.41, 5.74) is 0.223. The summed E-state index contributed by atoms with van der Waals surface area (Å²) in [4.78, 5) is 14.3. The molecule has 0 unspecified atom stereocenters. The van der Waals surface area contributed by atoms with Gasteiger partial charge in [-0.2, -0.15) is 13.2 Å². The number of carbonyl (C=O) groups is 1. The molecule has 1 aromatic rings. The fourth-order valence-corrected chi connectivity index (χ4v) is 1.54. The number of hydrogen-bond acceptors (Lipinski definition) is 3. The van der Waals surface area contributed by atoms with E-state index >= 15 is 0 Å². The van der Waals surface area contributed by atoms with Crippen LogP contribution < -0.4 is 4.74 Å². The molecular formula is C11H10F3NO3. The Balaban J connectivity index is 2.23. The second kappa shape index (κ2) is 4.47. The van der Waals surface area contributed by atoms with Gasteiger partial charge in [-0.15, -0.1) is 0 Å². The van der Waals surface area contributed by atoms with E-state index in [0.717, 1.165) is 12.8 Å². The van der Waals surface area contributed by atoms with Crippen molar-refractivity contribution in [2.75, 3.05) is 6.61 Å². The maximum absolute atomic E-state index is 12.1. The van der Waals surface area contributed by atoms with E-state index < -0.39 is 18.8 Å². The van der Waals surface area contributed by atoms with Crippen LogP contribution in [0, 0.1) is 0 Å². The lowest BCUT2D eigenvalue weighted by atomic mass is 10.1. The fraction of sp³-hybridized carbons (Fsp3) is 0.455. The van der Waals surface area contributed by atoms with Crippen molar-refractivity contribution in [2.45, 2.75) is 24.9 Å². The number of carboxylic acids is 1. The van der Waals surface area contributed by atoms with E-state index in [4.69, 9.17) is 5.11 Å². The van der Waals surface area contributed by atoms with Gasteiger partial charge < -0.3 is 9.84 Å². The number of alkyl halides is 3. The van der Waals surface area contributed by atoms with E-state index in [0.29, 0.717) is 5.56 Å². The molecule has 18 heavy (non-hydrogen) atoms. The highest BCUT2D eigenvalue weighted by atomic mass is 19.4. The number of aromatic nitrogens is 1. The first-order valence-corrected chi connectivity index (χ1v) is 5.30. The van der Waals surface area contributed by atoms with Crippen LogP contribution in [0.5, 0.6) is 5.88 Å². The number of rotatable bonds is 4. The highest BCUT2D eigenvalue weighted by molar-refractivity contribution is 5.85. The summed E-state index contributed by atoms with van der Waals surface area (Å²) in [6, 6.07) is 2.75. The van der Waals surface area contributed by atoms with Gasteiger partial charge in [0.2, 0.25) is 5.88 Å². The fourth-order valence-electron chi connectivity index (χ4n) is 1.54. The third-order valence-corrected chi connectivity index (χ3v) is 2.50. The van der Waals surface area contributed by atoms with E-state index in [1.807, 2.05) is 0 Å². The molecule has 1 aromatic heterocycles. The Kier molecular flexibility index (Phi) is 3.14. The molecule has 1 N–H and O–H groups in total. The normalized spacial score (nSPS) is 15.5. The van der Waals surface area contributed by atoms with Gasteiger partial charge in [0.15, 0.2) is 12.3 Å². The van der Waals surface area contributed by atoms with E-state index in [1.165, 1.54) is 12.1 Å². The minimum atomic E-state index is -4.47. The lowest BCUT2D eigenvalue weighted by Gasteiger charge is -2.12. The first kappa shape index (κ1) is 12.7. The van der Waals surface area contributed by atoms with Gasteiger partial charge in [-0.3, -0.25) is 0 Å². The number of hydrogen-bond donors (Lipinski definition) is 1. The minimum Gasteiger partial charge on any atom is -0.477 e. The molecule has 1 saturated carbocycles. The maximum Gasteiger partial charge on any atom is 0.422 e. The number of halogens is 3. The molecule has 0 amide bonds. The molecule has 0 spiro atoms. The minimum absolute atomic E-state index is 0.128. The molecule has 4 nitrogen and oxygen atoms in total. The number of nitrogens with zero attached hydrogens (tertiary/aromatic N) is 1. The van der Waals surface area contributed by atoms with Crippen LogP contribution in [-0.2, 0) is 0 Å². The summed E-state index contributed by atoms with van der Waals surface area (Å²) >= 11 is 0. The van der Waals surface area contributed by atoms with Crippen LogP contribution in [0.2, 0.25) is 0 Å². The van der Waals surface area contributed by atoms with Gasteiger partial charge >= 0.3 is 12.1 Å². The van der Waals surface area contributed by atoms with Crippen LogP contribution in [0.15, 0.2) is 12.1 Å². The average molecular weight is 261 g/mol. The Morgan fingerprint density at radius 1 is 1.44 bits per heavy atom. The van der Waals surface area contributed by atoms with Crippen molar-refractivity contribution in [3.8, 4) is 5.88 Å². The van der Waals surface area contributed by atoms with Crippen molar-refractivity contribution >= 4 is 5.97 Å². The second-order valence-electron chi connectivity index (χ2n) is 4.07. The van der Waals surface area contributed by atoms with E-state index in [-0.39, 0.29) is 17.5 Å². The number of pyridine rings is 1. The molecule has 1 heterocycles. The summed E-state index contributed by atoms with van der Waals surface area (Å²) in [6.07, 6.45) is -2.76. The molecular weight excluding hydrogens is 251 g/mol. The summed E-state index contributed by atoms with van der Waals surface area (Å²) in [5, 5.41) is 8.74. The van der Waals surface area contributed by atoms with Crippen LogP contribution in [0.4, 0.5) is 13.2 Å². The van der Waals surface area contributed by atoms with Crippen LogP contribution >= 0.6 is 0 Å². The maximum atomic E-state index is 12.1. The van der Waals surface area contributed by atoms with Gasteiger partial charge in [0.05, 0.1) is 0 Å². The van der Waals surface area contributed by atoms with E-state index in [9.17, 15) is 18.0 Å². The molecule has 1 aliphatic rings. The monoisotopic (exact) mass is 261 g/mol. The van der Waals surface area contributed by atoms with Gasteiger partial charge in [0.25, 0.3) is 0 Å². The molecule has 0 aliphatic heterocycles. The van der Waals surface area contributed by atoms with Gasteiger partial charge in [0, 0.05) is 5.56 Å². The zero-order chi connectivity index (χ0) is 13.3. The van der Waals surface area contributed by atoms with Gasteiger partial charge in [0.1, 0.15) is 0 Å². The summed E-state index contributed by atoms with van der Waals surface area (Å²) < 4.78 is 40.8. The molecule has 1 aliphatic carbocycles. The average Bonchev–Trinajstić information content (AvgIpc) is 3.08. The van der Waals surface area contributed by atoms with Crippen LogP contribution in [0.1, 0.15) is 34.8 Å². The third kappa shape index (κ3) is 3.12. The number of carboxylic acid groups (broad SMARTS) is 1. The lowest BCUT2D eigenvalue weighted by Crippen LogP contribution is -2.20. The lowest BCUT2D eigenvalue weighted by molar-refractivity contribution is -0.154. The van der Waals surface area contributed by atoms with Gasteiger partial charge in [-0.25, -0.2) is 9.78 Å². The van der Waals surface area contributed by atoms with Crippen LogP contribution in [0.25, 0.3) is 0 Å². The molecule has 7 heteroatoms. The molecule has 0 radical (unpaired) electrons. The SMILES string of the molecule is O=C(O)c1ccc(C2CC2)c(OCC(F)(F)F)n1. The highest BCUT2D eigenvalue weighted by Gasteiger charge is 2.32. The first-order valence-electron chi connectivity index (χ1n) is 5.30. The highest BCUT2D eigenvalue weighted by Crippen LogP contribution is 2.43. The molecule has 1 fully saturated rings. The van der Waals surface area contributed by atoms with E-state index in [1.54, 1.807) is 0 Å². The quantitative estimate of drug-likeness (QED) is 0.905. The Morgan fingerprint density at radius 3 is 2.61 bits per heavy atom. The van der Waals surface area contributed by atoms with Crippen molar-refractivity contribution in [3.05, 3.63) is 23.4 Å². The van der Waals surface area contributed by atoms with Gasteiger partial charge in [-0.1, -0.05) is 6.07 Å². The van der Waals surface area contributed by atoms with E-state index in [2.05, 4.69) is 9.72 Å². The molecule has 2 rings (SSSR count). The summed E-state index contributed by atoms with van der Waals surface area (Å²) in [6.45, 7) is -1.47. The van der Waals surface area contributed by atoms with Crippen LogP contribution in [-0.4, -0.2) is 28.8 Å².